The van der Waals surface area contributed by atoms with Crippen molar-refractivity contribution in [3.8, 4) is 0 Å². The molecule has 2 nitrogen and oxygen atoms in total. The van der Waals surface area contributed by atoms with E-state index in [0.29, 0.717) is 10.2 Å². The largest absolute Gasteiger partial charge is 0.384 e. The molecular formula is C7H7BrF2N2. The van der Waals surface area contributed by atoms with E-state index in [-0.39, 0.29) is 11.4 Å². The minimum Gasteiger partial charge on any atom is -0.384 e. The molecule has 0 unspecified atom stereocenters. The Bertz CT molecular complexity index is 302. The number of aryl methyl sites for hydroxylation is 1. The third-order valence-electron chi connectivity index (χ3n) is 1.41. The van der Waals surface area contributed by atoms with Crippen LogP contribution in [0.25, 0.3) is 0 Å². The Hall–Kier alpha value is -0.710. The Kier molecular flexibility index (Phi) is 2.62. The normalized spacial score (nSPS) is 10.8. The van der Waals surface area contributed by atoms with Crippen LogP contribution in [0, 0.1) is 6.92 Å². The Balaban J connectivity index is 3.28. The van der Waals surface area contributed by atoms with E-state index in [1.54, 1.807) is 6.92 Å². The number of pyridine rings is 1. The molecule has 5 heteroatoms. The second kappa shape index (κ2) is 3.35. The zero-order valence-corrected chi connectivity index (χ0v) is 7.90. The molecule has 66 valence electrons. The summed E-state index contributed by atoms with van der Waals surface area (Å²) in [6.07, 6.45) is -2.52. The summed E-state index contributed by atoms with van der Waals surface area (Å²) < 4.78 is 24.9. The average molecular weight is 237 g/mol. The van der Waals surface area contributed by atoms with Crippen molar-refractivity contribution in [1.29, 1.82) is 0 Å². The molecule has 0 saturated carbocycles. The van der Waals surface area contributed by atoms with Gasteiger partial charge < -0.3 is 5.73 Å². The van der Waals surface area contributed by atoms with Crippen molar-refractivity contribution >= 4 is 21.7 Å². The van der Waals surface area contributed by atoms with Crippen molar-refractivity contribution in [3.63, 3.8) is 0 Å². The summed E-state index contributed by atoms with van der Waals surface area (Å²) in [4.78, 5) is 3.81. The van der Waals surface area contributed by atoms with Crippen LogP contribution in [0.5, 0.6) is 0 Å². The molecule has 0 amide bonds. The Morgan fingerprint density at radius 2 is 2.17 bits per heavy atom. The van der Waals surface area contributed by atoms with Gasteiger partial charge in [0.25, 0.3) is 6.43 Å². The van der Waals surface area contributed by atoms with E-state index in [4.69, 9.17) is 5.73 Å². The van der Waals surface area contributed by atoms with Crippen molar-refractivity contribution < 1.29 is 8.78 Å². The smallest absolute Gasteiger partial charge is 0.265 e. The monoisotopic (exact) mass is 236 g/mol. The minimum atomic E-state index is -2.52. The topological polar surface area (TPSA) is 38.9 Å². The summed E-state index contributed by atoms with van der Waals surface area (Å²) in [5, 5.41) is 0. The molecule has 1 aromatic rings. The second-order valence-electron chi connectivity index (χ2n) is 2.34. The lowest BCUT2D eigenvalue weighted by molar-refractivity contribution is 0.150. The minimum absolute atomic E-state index is 0.111. The highest BCUT2D eigenvalue weighted by molar-refractivity contribution is 9.10. The van der Waals surface area contributed by atoms with Gasteiger partial charge in [0, 0.05) is 10.0 Å². The Morgan fingerprint density at radius 1 is 1.58 bits per heavy atom. The predicted molar refractivity (Wildman–Crippen MR) is 46.0 cm³/mol. The van der Waals surface area contributed by atoms with Crippen LogP contribution < -0.4 is 5.73 Å². The maximum absolute atomic E-state index is 12.3. The SMILES string of the molecule is Cc1nc(N)cc(C(F)F)c1Br. The summed E-state index contributed by atoms with van der Waals surface area (Å²) in [5.41, 5.74) is 5.67. The van der Waals surface area contributed by atoms with E-state index >= 15 is 0 Å². The van der Waals surface area contributed by atoms with E-state index in [0.717, 1.165) is 0 Å². The zero-order valence-electron chi connectivity index (χ0n) is 6.31. The van der Waals surface area contributed by atoms with Gasteiger partial charge in [0.1, 0.15) is 5.82 Å². The van der Waals surface area contributed by atoms with Gasteiger partial charge >= 0.3 is 0 Å². The quantitative estimate of drug-likeness (QED) is 0.815. The fourth-order valence-corrected chi connectivity index (χ4v) is 1.24. The molecule has 0 saturated heterocycles. The van der Waals surface area contributed by atoms with E-state index in [1.165, 1.54) is 6.07 Å². The molecule has 0 bridgehead atoms. The van der Waals surface area contributed by atoms with Crippen LogP contribution in [0.3, 0.4) is 0 Å². The summed E-state index contributed by atoms with van der Waals surface area (Å²) >= 11 is 3.02. The van der Waals surface area contributed by atoms with Crippen LogP contribution in [-0.4, -0.2) is 4.98 Å². The number of halogens is 3. The highest BCUT2D eigenvalue weighted by Gasteiger charge is 2.14. The maximum atomic E-state index is 12.3. The van der Waals surface area contributed by atoms with E-state index in [9.17, 15) is 8.78 Å². The molecule has 0 atom stereocenters. The van der Waals surface area contributed by atoms with E-state index in [2.05, 4.69) is 20.9 Å². The number of hydrogen-bond acceptors (Lipinski definition) is 2. The van der Waals surface area contributed by atoms with Crippen LogP contribution in [-0.2, 0) is 0 Å². The number of rotatable bonds is 1. The molecule has 0 fully saturated rings. The van der Waals surface area contributed by atoms with E-state index in [1.807, 2.05) is 0 Å². The van der Waals surface area contributed by atoms with Gasteiger partial charge in [-0.3, -0.25) is 0 Å². The first-order valence-electron chi connectivity index (χ1n) is 3.23. The predicted octanol–water partition coefficient (Wildman–Crippen LogP) is 2.67. The Labute approximate surface area is 76.9 Å². The lowest BCUT2D eigenvalue weighted by Gasteiger charge is -2.06. The molecular weight excluding hydrogens is 230 g/mol. The summed E-state index contributed by atoms with van der Waals surface area (Å²) in [5.74, 6) is 0.117. The number of alkyl halides is 2. The van der Waals surface area contributed by atoms with Gasteiger partial charge in [0.05, 0.1) is 5.69 Å². The van der Waals surface area contributed by atoms with Crippen molar-refractivity contribution in [2.24, 2.45) is 0 Å². The number of nitrogens with zero attached hydrogens (tertiary/aromatic N) is 1. The molecule has 0 spiro atoms. The number of hydrogen-bond donors (Lipinski definition) is 1. The van der Waals surface area contributed by atoms with Crippen LogP contribution in [0.1, 0.15) is 17.7 Å². The summed E-state index contributed by atoms with van der Waals surface area (Å²) in [6.45, 7) is 1.62. The van der Waals surface area contributed by atoms with Crippen LogP contribution in [0.4, 0.5) is 14.6 Å². The van der Waals surface area contributed by atoms with Gasteiger partial charge in [-0.15, -0.1) is 0 Å². The fraction of sp³-hybridized carbons (Fsp3) is 0.286. The highest BCUT2D eigenvalue weighted by atomic mass is 79.9. The van der Waals surface area contributed by atoms with Gasteiger partial charge in [-0.2, -0.15) is 0 Å². The molecule has 0 aromatic carbocycles. The standard InChI is InChI=1S/C7H7BrF2N2/c1-3-6(8)4(7(9)10)2-5(11)12-3/h2,7H,1H3,(H2,11,12). The lowest BCUT2D eigenvalue weighted by atomic mass is 10.2. The molecule has 2 N–H and O–H groups in total. The second-order valence-corrected chi connectivity index (χ2v) is 3.13. The summed E-state index contributed by atoms with van der Waals surface area (Å²) in [7, 11) is 0. The highest BCUT2D eigenvalue weighted by Crippen LogP contribution is 2.30. The number of nitrogen functional groups attached to an aromatic ring is 1. The van der Waals surface area contributed by atoms with Gasteiger partial charge in [0.15, 0.2) is 0 Å². The molecule has 1 heterocycles. The van der Waals surface area contributed by atoms with Gasteiger partial charge in [0.2, 0.25) is 0 Å². The van der Waals surface area contributed by atoms with Crippen LogP contribution >= 0.6 is 15.9 Å². The van der Waals surface area contributed by atoms with Crippen molar-refractivity contribution in [3.05, 3.63) is 21.8 Å². The van der Waals surface area contributed by atoms with E-state index < -0.39 is 6.43 Å². The molecule has 12 heavy (non-hydrogen) atoms. The molecule has 0 radical (unpaired) electrons. The van der Waals surface area contributed by atoms with Gasteiger partial charge in [-0.05, 0) is 28.9 Å². The van der Waals surface area contributed by atoms with Gasteiger partial charge in [-0.25, -0.2) is 13.8 Å². The summed E-state index contributed by atoms with van der Waals surface area (Å²) in [6, 6.07) is 1.17. The molecule has 0 aliphatic rings. The molecule has 1 aromatic heterocycles. The maximum Gasteiger partial charge on any atom is 0.265 e. The van der Waals surface area contributed by atoms with Crippen molar-refractivity contribution in [1.82, 2.24) is 4.98 Å². The molecule has 0 aliphatic carbocycles. The third-order valence-corrected chi connectivity index (χ3v) is 2.44. The fourth-order valence-electron chi connectivity index (χ4n) is 0.865. The number of aromatic nitrogens is 1. The first-order valence-corrected chi connectivity index (χ1v) is 4.02. The zero-order chi connectivity index (χ0) is 9.30. The molecule has 1 rings (SSSR count). The third kappa shape index (κ3) is 1.72. The van der Waals surface area contributed by atoms with Crippen LogP contribution in [0.2, 0.25) is 0 Å². The van der Waals surface area contributed by atoms with Crippen molar-refractivity contribution in [2.45, 2.75) is 13.3 Å². The Morgan fingerprint density at radius 3 is 2.67 bits per heavy atom. The van der Waals surface area contributed by atoms with Crippen molar-refractivity contribution in [2.75, 3.05) is 5.73 Å². The number of anilines is 1. The average Bonchev–Trinajstić information content (AvgIpc) is 1.96. The lowest BCUT2D eigenvalue weighted by Crippen LogP contribution is -1.98. The van der Waals surface area contributed by atoms with Gasteiger partial charge in [-0.1, -0.05) is 0 Å². The first-order chi connectivity index (χ1) is 5.52. The number of nitrogens with two attached hydrogens (primary N) is 1. The van der Waals surface area contributed by atoms with Crippen LogP contribution in [0.15, 0.2) is 10.5 Å². The molecule has 0 aliphatic heterocycles. The first kappa shape index (κ1) is 9.38.